The molecule has 1 unspecified atom stereocenters. The molecule has 1 atom stereocenters. The van der Waals surface area contributed by atoms with Crippen molar-refractivity contribution in [2.24, 2.45) is 5.92 Å². The third-order valence-corrected chi connectivity index (χ3v) is 5.63. The zero-order valence-electron chi connectivity index (χ0n) is 16.2. The Morgan fingerprint density at radius 2 is 1.56 bits per heavy atom. The Morgan fingerprint density at radius 3 is 2.15 bits per heavy atom. The van der Waals surface area contributed by atoms with Gasteiger partial charge in [-0.15, -0.1) is 0 Å². The molecule has 142 valence electrons. The Bertz CT molecular complexity index is 752. The van der Waals surface area contributed by atoms with E-state index in [-0.39, 0.29) is 23.7 Å². The first-order valence-electron chi connectivity index (χ1n) is 9.68. The van der Waals surface area contributed by atoms with Crippen LogP contribution in [0.25, 0.3) is 0 Å². The summed E-state index contributed by atoms with van der Waals surface area (Å²) in [5.41, 5.74) is 1.93. The molecule has 0 spiro atoms. The molecular weight excluding hydrogens is 336 g/mol. The summed E-state index contributed by atoms with van der Waals surface area (Å²) in [7, 11) is 1.87. The molecule has 1 aliphatic heterocycles. The lowest BCUT2D eigenvalue weighted by molar-refractivity contribution is -0.133. The zero-order chi connectivity index (χ0) is 19.2. The fourth-order valence-corrected chi connectivity index (χ4v) is 3.67. The van der Waals surface area contributed by atoms with Crippen molar-refractivity contribution in [3.8, 4) is 0 Å². The first-order valence-corrected chi connectivity index (χ1v) is 9.68. The number of benzene rings is 2. The summed E-state index contributed by atoms with van der Waals surface area (Å²) in [6.45, 7) is 4.06. The standard InChI is InChI=1S/C23H28N2O2/c1-18(19-9-5-3-6-10-19)24(2)22(26)17-25-15-13-21(14-16-25)23(27)20-11-7-4-8-12-20/h3-12,18,21H,13-17H2,1-2H3. The number of piperidine rings is 1. The maximum atomic E-state index is 12.7. The topological polar surface area (TPSA) is 40.6 Å². The van der Waals surface area contributed by atoms with Gasteiger partial charge >= 0.3 is 0 Å². The summed E-state index contributed by atoms with van der Waals surface area (Å²) < 4.78 is 0. The monoisotopic (exact) mass is 364 g/mol. The normalized spacial score (nSPS) is 16.7. The lowest BCUT2D eigenvalue weighted by atomic mass is 9.89. The van der Waals surface area contributed by atoms with Gasteiger partial charge in [-0.05, 0) is 38.4 Å². The molecule has 0 aromatic heterocycles. The van der Waals surface area contributed by atoms with E-state index in [9.17, 15) is 9.59 Å². The van der Waals surface area contributed by atoms with Crippen LogP contribution in [0.1, 0.15) is 41.7 Å². The summed E-state index contributed by atoms with van der Waals surface area (Å²) in [4.78, 5) is 29.3. The van der Waals surface area contributed by atoms with Gasteiger partial charge in [-0.3, -0.25) is 14.5 Å². The van der Waals surface area contributed by atoms with Gasteiger partial charge in [0.25, 0.3) is 0 Å². The lowest BCUT2D eigenvalue weighted by Gasteiger charge is -2.33. The highest BCUT2D eigenvalue weighted by atomic mass is 16.2. The van der Waals surface area contributed by atoms with Gasteiger partial charge < -0.3 is 4.90 Å². The van der Waals surface area contributed by atoms with Crippen LogP contribution < -0.4 is 0 Å². The fraction of sp³-hybridized carbons (Fsp3) is 0.391. The smallest absolute Gasteiger partial charge is 0.236 e. The second-order valence-corrected chi connectivity index (χ2v) is 7.37. The van der Waals surface area contributed by atoms with Crippen LogP contribution in [-0.2, 0) is 4.79 Å². The van der Waals surface area contributed by atoms with Crippen molar-refractivity contribution in [3.05, 3.63) is 71.8 Å². The molecule has 1 amide bonds. The second kappa shape index (κ2) is 8.96. The maximum Gasteiger partial charge on any atom is 0.236 e. The summed E-state index contributed by atoms with van der Waals surface area (Å²) >= 11 is 0. The van der Waals surface area contributed by atoms with Gasteiger partial charge in [0.2, 0.25) is 5.91 Å². The zero-order valence-corrected chi connectivity index (χ0v) is 16.2. The summed E-state index contributed by atoms with van der Waals surface area (Å²) in [5, 5.41) is 0. The highest BCUT2D eigenvalue weighted by molar-refractivity contribution is 5.97. The van der Waals surface area contributed by atoms with E-state index in [0.717, 1.165) is 37.1 Å². The molecule has 4 heteroatoms. The molecule has 0 aliphatic carbocycles. The van der Waals surface area contributed by atoms with Crippen LogP contribution in [0.15, 0.2) is 60.7 Å². The van der Waals surface area contributed by atoms with Crippen molar-refractivity contribution in [3.63, 3.8) is 0 Å². The Balaban J connectivity index is 1.50. The Labute approximate surface area is 161 Å². The van der Waals surface area contributed by atoms with Crippen molar-refractivity contribution >= 4 is 11.7 Å². The predicted octanol–water partition coefficient (Wildman–Crippen LogP) is 3.80. The minimum atomic E-state index is 0.0518. The summed E-state index contributed by atoms with van der Waals surface area (Å²) in [5.74, 6) is 0.426. The third-order valence-electron chi connectivity index (χ3n) is 5.63. The molecule has 0 saturated carbocycles. The predicted molar refractivity (Wildman–Crippen MR) is 108 cm³/mol. The summed E-state index contributed by atoms with van der Waals surface area (Å²) in [6.07, 6.45) is 1.64. The van der Waals surface area contributed by atoms with Gasteiger partial charge in [-0.2, -0.15) is 0 Å². The highest BCUT2D eigenvalue weighted by Gasteiger charge is 2.27. The molecule has 0 N–H and O–H groups in total. The minimum Gasteiger partial charge on any atom is -0.338 e. The first kappa shape index (κ1) is 19.3. The quantitative estimate of drug-likeness (QED) is 0.732. The lowest BCUT2D eigenvalue weighted by Crippen LogP contribution is -2.43. The maximum absolute atomic E-state index is 12.7. The molecule has 3 rings (SSSR count). The van der Waals surface area contributed by atoms with Crippen LogP contribution in [0.2, 0.25) is 0 Å². The Kier molecular flexibility index (Phi) is 6.40. The van der Waals surface area contributed by atoms with E-state index in [2.05, 4.69) is 24.0 Å². The van der Waals surface area contributed by atoms with Crippen molar-refractivity contribution in [2.75, 3.05) is 26.7 Å². The van der Waals surface area contributed by atoms with Crippen LogP contribution in [-0.4, -0.2) is 48.2 Å². The average molecular weight is 364 g/mol. The largest absolute Gasteiger partial charge is 0.338 e. The minimum absolute atomic E-state index is 0.0518. The van der Waals surface area contributed by atoms with Gasteiger partial charge in [-0.1, -0.05) is 60.7 Å². The molecule has 1 heterocycles. The van der Waals surface area contributed by atoms with Crippen molar-refractivity contribution in [2.45, 2.75) is 25.8 Å². The number of ketones is 1. The number of likely N-dealkylation sites (N-methyl/N-ethyl adjacent to an activating group) is 1. The van der Waals surface area contributed by atoms with Crippen LogP contribution in [0, 0.1) is 5.92 Å². The molecule has 1 aliphatic rings. The van der Waals surface area contributed by atoms with Gasteiger partial charge in [0.1, 0.15) is 0 Å². The van der Waals surface area contributed by atoms with Crippen molar-refractivity contribution in [1.82, 2.24) is 9.80 Å². The summed E-state index contributed by atoms with van der Waals surface area (Å²) in [6, 6.07) is 19.7. The SMILES string of the molecule is CC(c1ccccc1)N(C)C(=O)CN1CCC(C(=O)c2ccccc2)CC1. The number of Topliss-reactive ketones (excluding diaryl/α,β-unsaturated/α-hetero) is 1. The number of carbonyl (C=O) groups is 2. The van der Waals surface area contributed by atoms with Gasteiger partial charge in [0.15, 0.2) is 5.78 Å². The number of rotatable bonds is 6. The van der Waals surface area contributed by atoms with Gasteiger partial charge in [0.05, 0.1) is 12.6 Å². The number of nitrogens with zero attached hydrogens (tertiary/aromatic N) is 2. The van der Waals surface area contributed by atoms with Crippen LogP contribution >= 0.6 is 0 Å². The van der Waals surface area contributed by atoms with Crippen molar-refractivity contribution < 1.29 is 9.59 Å². The Hall–Kier alpha value is -2.46. The molecule has 0 radical (unpaired) electrons. The van der Waals surface area contributed by atoms with Gasteiger partial charge in [0, 0.05) is 18.5 Å². The number of hydrogen-bond donors (Lipinski definition) is 0. The molecular formula is C23H28N2O2. The fourth-order valence-electron chi connectivity index (χ4n) is 3.67. The van der Waals surface area contributed by atoms with Crippen LogP contribution in [0.3, 0.4) is 0 Å². The molecule has 2 aromatic carbocycles. The Morgan fingerprint density at radius 1 is 1.00 bits per heavy atom. The van der Waals surface area contributed by atoms with E-state index < -0.39 is 0 Å². The van der Waals surface area contributed by atoms with Gasteiger partial charge in [-0.25, -0.2) is 0 Å². The first-order chi connectivity index (χ1) is 13.1. The van der Waals surface area contributed by atoms with Crippen molar-refractivity contribution in [1.29, 1.82) is 0 Å². The van der Waals surface area contributed by atoms with E-state index >= 15 is 0 Å². The van der Waals surface area contributed by atoms with Crippen LogP contribution in [0.4, 0.5) is 0 Å². The molecule has 27 heavy (non-hydrogen) atoms. The number of amides is 1. The van der Waals surface area contributed by atoms with E-state index in [0.29, 0.717) is 6.54 Å². The molecule has 1 saturated heterocycles. The molecule has 2 aromatic rings. The number of carbonyl (C=O) groups excluding carboxylic acids is 2. The third kappa shape index (κ3) is 4.83. The molecule has 0 bridgehead atoms. The molecule has 1 fully saturated rings. The highest BCUT2D eigenvalue weighted by Crippen LogP contribution is 2.23. The van der Waals surface area contributed by atoms with E-state index in [1.807, 2.05) is 60.5 Å². The molecule has 4 nitrogen and oxygen atoms in total. The van der Waals surface area contributed by atoms with E-state index in [1.165, 1.54) is 0 Å². The number of hydrogen-bond acceptors (Lipinski definition) is 3. The van der Waals surface area contributed by atoms with E-state index in [1.54, 1.807) is 0 Å². The number of likely N-dealkylation sites (tertiary alicyclic amines) is 1. The van der Waals surface area contributed by atoms with Crippen LogP contribution in [0.5, 0.6) is 0 Å². The average Bonchev–Trinajstić information content (AvgIpc) is 2.74. The second-order valence-electron chi connectivity index (χ2n) is 7.37. The van der Waals surface area contributed by atoms with E-state index in [4.69, 9.17) is 0 Å².